The fourth-order valence-corrected chi connectivity index (χ4v) is 3.75. The Morgan fingerprint density at radius 3 is 2.72 bits per heavy atom. The summed E-state index contributed by atoms with van der Waals surface area (Å²) in [5.74, 6) is -0.652. The van der Waals surface area contributed by atoms with E-state index < -0.39 is 5.97 Å². The first kappa shape index (κ1) is 17.0. The summed E-state index contributed by atoms with van der Waals surface area (Å²) in [6, 6.07) is 5.65. The number of fused-ring (bicyclic) bond motifs is 1. The molecule has 128 valence electrons. The third-order valence-corrected chi connectivity index (χ3v) is 4.81. The van der Waals surface area contributed by atoms with Crippen molar-refractivity contribution in [2.75, 3.05) is 24.3 Å². The van der Waals surface area contributed by atoms with Crippen LogP contribution in [0.4, 0.5) is 11.4 Å². The number of halogens is 1. The van der Waals surface area contributed by atoms with E-state index >= 15 is 0 Å². The minimum atomic E-state index is -0.624. The van der Waals surface area contributed by atoms with E-state index in [2.05, 4.69) is 15.9 Å². The number of rotatable bonds is 2. The maximum Gasteiger partial charge on any atom is 0.357 e. The predicted octanol–water partition coefficient (Wildman–Crippen LogP) is 2.39. The first-order chi connectivity index (χ1) is 11.9. The van der Waals surface area contributed by atoms with Gasteiger partial charge in [-0.15, -0.1) is 0 Å². The summed E-state index contributed by atoms with van der Waals surface area (Å²) in [6.45, 7) is 2.13. The van der Waals surface area contributed by atoms with E-state index in [0.717, 1.165) is 15.7 Å². The molecule has 0 saturated carbocycles. The molecule has 2 aromatic rings. The maximum absolute atomic E-state index is 12.1. The fourth-order valence-electron chi connectivity index (χ4n) is 3.05. The van der Waals surface area contributed by atoms with E-state index in [1.54, 1.807) is 15.5 Å². The molecule has 1 aromatic heterocycles. The molecule has 8 heteroatoms. The van der Waals surface area contributed by atoms with Gasteiger partial charge in [0.05, 0.1) is 24.0 Å². The van der Waals surface area contributed by atoms with Gasteiger partial charge in [0, 0.05) is 29.8 Å². The molecule has 0 radical (unpaired) electrons. The molecule has 1 aliphatic rings. The van der Waals surface area contributed by atoms with Crippen LogP contribution in [0.3, 0.4) is 0 Å². The average molecular weight is 403 g/mol. The lowest BCUT2D eigenvalue weighted by Gasteiger charge is -2.17. The highest BCUT2D eigenvalue weighted by molar-refractivity contribution is 9.10. The van der Waals surface area contributed by atoms with Gasteiger partial charge in [-0.2, -0.15) is 5.26 Å². The van der Waals surface area contributed by atoms with Gasteiger partial charge in [0.2, 0.25) is 5.91 Å². The van der Waals surface area contributed by atoms with Crippen LogP contribution in [0.25, 0.3) is 5.69 Å². The molecule has 0 bridgehead atoms. The summed E-state index contributed by atoms with van der Waals surface area (Å²) in [7, 11) is 1.26. The van der Waals surface area contributed by atoms with Crippen LogP contribution in [-0.4, -0.2) is 30.1 Å². The normalized spacial score (nSPS) is 12.6. The second-order valence-electron chi connectivity index (χ2n) is 5.63. The number of carbonyl (C=O) groups excluding carboxylic acids is 2. The molecule has 0 fully saturated rings. The first-order valence-corrected chi connectivity index (χ1v) is 8.28. The molecular formula is C17H15BrN4O3. The monoisotopic (exact) mass is 402 g/mol. The van der Waals surface area contributed by atoms with Crippen LogP contribution in [-0.2, 0) is 16.0 Å². The molecule has 0 aliphatic carbocycles. The van der Waals surface area contributed by atoms with Crippen molar-refractivity contribution < 1.29 is 14.3 Å². The van der Waals surface area contributed by atoms with Crippen molar-refractivity contribution in [3.63, 3.8) is 0 Å². The Hall–Kier alpha value is -2.79. The van der Waals surface area contributed by atoms with Gasteiger partial charge in [-0.05, 0) is 40.0 Å². The fraction of sp³-hybridized carbons (Fsp3) is 0.235. The third kappa shape index (κ3) is 2.66. The van der Waals surface area contributed by atoms with Crippen molar-refractivity contribution in [1.29, 1.82) is 5.26 Å². The highest BCUT2D eigenvalue weighted by Crippen LogP contribution is 2.38. The van der Waals surface area contributed by atoms with Crippen molar-refractivity contribution in [1.82, 2.24) is 4.57 Å². The maximum atomic E-state index is 12.1. The molecule has 1 aliphatic heterocycles. The van der Waals surface area contributed by atoms with E-state index in [4.69, 9.17) is 10.5 Å². The predicted molar refractivity (Wildman–Crippen MR) is 95.7 cm³/mol. The summed E-state index contributed by atoms with van der Waals surface area (Å²) >= 11 is 3.51. The number of nitriles is 1. The summed E-state index contributed by atoms with van der Waals surface area (Å²) in [5, 5.41) is 9.21. The molecule has 2 heterocycles. The molecule has 0 unspecified atom stereocenters. The molecule has 0 atom stereocenters. The summed E-state index contributed by atoms with van der Waals surface area (Å²) in [5.41, 5.74) is 8.77. The molecule has 0 spiro atoms. The molecule has 2 N–H and O–H groups in total. The number of nitrogens with two attached hydrogens (primary N) is 1. The van der Waals surface area contributed by atoms with Gasteiger partial charge in [-0.3, -0.25) is 4.79 Å². The lowest BCUT2D eigenvalue weighted by atomic mass is 10.1. The summed E-state index contributed by atoms with van der Waals surface area (Å²) in [6.07, 6.45) is 2.21. The standard InChI is InChI=1S/C17H15BrN4O3/c1-9(23)21-4-3-10-5-12(6-13(18)15(10)21)22-8-11(7-19)14(20)16(22)17(24)25-2/h5-6,8H,3-4,20H2,1-2H3. The van der Waals surface area contributed by atoms with Crippen LogP contribution < -0.4 is 10.6 Å². The van der Waals surface area contributed by atoms with Gasteiger partial charge in [0.15, 0.2) is 5.69 Å². The number of nitrogen functional groups attached to an aromatic ring is 1. The minimum Gasteiger partial charge on any atom is -0.464 e. The molecule has 25 heavy (non-hydrogen) atoms. The smallest absolute Gasteiger partial charge is 0.357 e. The Labute approximate surface area is 152 Å². The first-order valence-electron chi connectivity index (χ1n) is 7.49. The summed E-state index contributed by atoms with van der Waals surface area (Å²) < 4.78 is 7.07. The number of hydrogen-bond donors (Lipinski definition) is 1. The van der Waals surface area contributed by atoms with Crippen LogP contribution in [0, 0.1) is 11.3 Å². The van der Waals surface area contributed by atoms with Gasteiger partial charge in [0.1, 0.15) is 6.07 Å². The van der Waals surface area contributed by atoms with E-state index in [1.165, 1.54) is 20.2 Å². The molecule has 1 amide bonds. The lowest BCUT2D eigenvalue weighted by Crippen LogP contribution is -2.26. The van der Waals surface area contributed by atoms with Crippen molar-refractivity contribution in [2.45, 2.75) is 13.3 Å². The topological polar surface area (TPSA) is 101 Å². The number of ether oxygens (including phenoxy) is 1. The number of anilines is 2. The van der Waals surface area contributed by atoms with Crippen LogP contribution in [0.2, 0.25) is 0 Å². The van der Waals surface area contributed by atoms with Crippen LogP contribution in [0.5, 0.6) is 0 Å². The van der Waals surface area contributed by atoms with Gasteiger partial charge in [-0.25, -0.2) is 4.79 Å². The number of benzene rings is 1. The number of carbonyl (C=O) groups is 2. The third-order valence-electron chi connectivity index (χ3n) is 4.20. The number of esters is 1. The zero-order chi connectivity index (χ0) is 18.3. The second-order valence-corrected chi connectivity index (χ2v) is 6.49. The van der Waals surface area contributed by atoms with E-state index in [-0.39, 0.29) is 22.9 Å². The number of methoxy groups -OCH3 is 1. The number of hydrogen-bond acceptors (Lipinski definition) is 5. The Morgan fingerprint density at radius 2 is 2.12 bits per heavy atom. The molecule has 1 aromatic carbocycles. The summed E-state index contributed by atoms with van der Waals surface area (Å²) in [4.78, 5) is 25.6. The Kier molecular flexibility index (Phi) is 4.27. The minimum absolute atomic E-state index is 0.0283. The SMILES string of the molecule is COC(=O)c1c(N)c(C#N)cn1-c1cc(Br)c2c(c1)CCN2C(C)=O. The van der Waals surface area contributed by atoms with Gasteiger partial charge < -0.3 is 19.9 Å². The largest absolute Gasteiger partial charge is 0.464 e. The zero-order valence-electron chi connectivity index (χ0n) is 13.7. The second kappa shape index (κ2) is 6.26. The quantitative estimate of drug-likeness (QED) is 0.776. The van der Waals surface area contributed by atoms with E-state index in [1.807, 2.05) is 12.1 Å². The average Bonchev–Trinajstić information content (AvgIpc) is 3.15. The Balaban J connectivity index is 2.20. The Morgan fingerprint density at radius 1 is 1.40 bits per heavy atom. The van der Waals surface area contributed by atoms with Gasteiger partial charge in [-0.1, -0.05) is 0 Å². The number of nitrogens with zero attached hydrogens (tertiary/aromatic N) is 3. The van der Waals surface area contributed by atoms with E-state index in [0.29, 0.717) is 18.7 Å². The molecular weight excluding hydrogens is 388 g/mol. The van der Waals surface area contributed by atoms with Crippen molar-refractivity contribution in [2.24, 2.45) is 0 Å². The molecule has 3 rings (SSSR count). The Bertz CT molecular complexity index is 942. The number of aromatic nitrogens is 1. The van der Waals surface area contributed by atoms with Crippen molar-refractivity contribution >= 4 is 39.2 Å². The molecule has 0 saturated heterocycles. The van der Waals surface area contributed by atoms with Crippen LogP contribution in [0.1, 0.15) is 28.5 Å². The lowest BCUT2D eigenvalue weighted by molar-refractivity contribution is -0.116. The van der Waals surface area contributed by atoms with Crippen LogP contribution >= 0.6 is 15.9 Å². The molecule has 7 nitrogen and oxygen atoms in total. The van der Waals surface area contributed by atoms with Crippen LogP contribution in [0.15, 0.2) is 22.8 Å². The van der Waals surface area contributed by atoms with Crippen molar-refractivity contribution in [3.8, 4) is 11.8 Å². The van der Waals surface area contributed by atoms with E-state index in [9.17, 15) is 14.9 Å². The van der Waals surface area contributed by atoms with Gasteiger partial charge in [0.25, 0.3) is 0 Å². The zero-order valence-corrected chi connectivity index (χ0v) is 15.3. The van der Waals surface area contributed by atoms with Crippen molar-refractivity contribution in [3.05, 3.63) is 39.6 Å². The highest BCUT2D eigenvalue weighted by atomic mass is 79.9. The van der Waals surface area contributed by atoms with Gasteiger partial charge >= 0.3 is 5.97 Å². The highest BCUT2D eigenvalue weighted by Gasteiger charge is 2.27. The number of amides is 1.